The first kappa shape index (κ1) is 27.3. The van der Waals surface area contributed by atoms with Crippen LogP contribution in [-0.2, 0) is 30.3 Å². The van der Waals surface area contributed by atoms with Crippen LogP contribution in [0.25, 0.3) is 0 Å². The number of hydrogen-bond acceptors (Lipinski definition) is 6. The molecule has 32 heavy (non-hydrogen) atoms. The zero-order chi connectivity index (χ0) is 24.0. The van der Waals surface area contributed by atoms with E-state index in [1.165, 1.54) is 19.8 Å². The van der Waals surface area contributed by atoms with E-state index in [0.717, 1.165) is 24.8 Å². The third-order valence-corrected chi connectivity index (χ3v) is 5.21. The number of hydrogen-bond donors (Lipinski definition) is 1. The molecule has 1 rings (SSSR count). The van der Waals surface area contributed by atoms with Crippen LogP contribution in [0.15, 0.2) is 24.3 Å². The molecule has 0 aromatic heterocycles. The molecule has 1 aromatic rings. The van der Waals surface area contributed by atoms with Crippen molar-refractivity contribution in [1.82, 2.24) is 5.32 Å². The Balaban J connectivity index is 2.88. The smallest absolute Gasteiger partial charge is 0.343 e. The molecule has 0 spiro atoms. The maximum Gasteiger partial charge on any atom is 0.343 e. The van der Waals surface area contributed by atoms with Gasteiger partial charge in [-0.2, -0.15) is 0 Å². The van der Waals surface area contributed by atoms with Gasteiger partial charge in [0.05, 0.1) is 13.2 Å². The third kappa shape index (κ3) is 8.44. The molecule has 7 heteroatoms. The van der Waals surface area contributed by atoms with Gasteiger partial charge < -0.3 is 14.8 Å². The number of nitrogens with one attached hydrogen (secondary N) is 1. The van der Waals surface area contributed by atoms with Crippen LogP contribution >= 0.6 is 0 Å². The summed E-state index contributed by atoms with van der Waals surface area (Å²) in [4.78, 5) is 49.5. The molecular weight excluding hydrogens is 410 g/mol. The molecule has 0 aliphatic heterocycles. The fourth-order valence-electron chi connectivity index (χ4n) is 3.48. The first-order valence-electron chi connectivity index (χ1n) is 11.6. The minimum absolute atomic E-state index is 0.0189. The lowest BCUT2D eigenvalue weighted by Crippen LogP contribution is -2.61. The van der Waals surface area contributed by atoms with Crippen molar-refractivity contribution in [3.63, 3.8) is 0 Å². The Morgan fingerprint density at radius 2 is 1.41 bits per heavy atom. The second kappa shape index (κ2) is 14.4. The molecule has 0 heterocycles. The molecular formula is C25H37NO6. The molecule has 178 valence electrons. The third-order valence-electron chi connectivity index (χ3n) is 5.21. The van der Waals surface area contributed by atoms with Gasteiger partial charge in [0, 0.05) is 18.9 Å². The monoisotopic (exact) mass is 447 g/mol. The van der Waals surface area contributed by atoms with Gasteiger partial charge in [0.25, 0.3) is 0 Å². The highest BCUT2D eigenvalue weighted by molar-refractivity contribution is 6.07. The Bertz CT molecular complexity index is 738. The van der Waals surface area contributed by atoms with E-state index in [0.29, 0.717) is 18.4 Å². The number of Topliss-reactive ketones (excluding diaryl/α,β-unsaturated/α-hetero) is 1. The predicted octanol–water partition coefficient (Wildman–Crippen LogP) is 4.16. The summed E-state index contributed by atoms with van der Waals surface area (Å²) in [5.41, 5.74) is -0.439. The fraction of sp³-hybridized carbons (Fsp3) is 0.600. The van der Waals surface area contributed by atoms with Gasteiger partial charge in [0.2, 0.25) is 11.4 Å². The molecule has 7 nitrogen and oxygen atoms in total. The van der Waals surface area contributed by atoms with Crippen LogP contribution in [0.1, 0.15) is 88.6 Å². The van der Waals surface area contributed by atoms with Crippen LogP contribution < -0.4 is 5.32 Å². The number of carbonyl (C=O) groups is 4. The molecule has 0 atom stereocenters. The SMILES string of the molecule is CCCCCCCC(=O)c1ccc(CCC(NC(C)=O)(C(=O)OCC)C(=O)OCC)cc1. The van der Waals surface area contributed by atoms with Gasteiger partial charge in [-0.1, -0.05) is 56.9 Å². The maximum absolute atomic E-state index is 12.7. The number of ketones is 1. The van der Waals surface area contributed by atoms with Crippen molar-refractivity contribution < 1.29 is 28.7 Å². The predicted molar refractivity (Wildman–Crippen MR) is 122 cm³/mol. The zero-order valence-corrected chi connectivity index (χ0v) is 19.8. The van der Waals surface area contributed by atoms with E-state index < -0.39 is 23.4 Å². The van der Waals surface area contributed by atoms with Gasteiger partial charge in [-0.3, -0.25) is 9.59 Å². The average Bonchev–Trinajstić information content (AvgIpc) is 2.76. The minimum atomic E-state index is -1.91. The van der Waals surface area contributed by atoms with Crippen LogP contribution in [0.5, 0.6) is 0 Å². The van der Waals surface area contributed by atoms with Gasteiger partial charge in [-0.05, 0) is 38.7 Å². The molecule has 0 bridgehead atoms. The highest BCUT2D eigenvalue weighted by Gasteiger charge is 2.49. The minimum Gasteiger partial charge on any atom is -0.464 e. The summed E-state index contributed by atoms with van der Waals surface area (Å²) in [5.74, 6) is -2.11. The molecule has 0 saturated carbocycles. The van der Waals surface area contributed by atoms with E-state index in [2.05, 4.69) is 12.2 Å². The van der Waals surface area contributed by atoms with E-state index in [1.54, 1.807) is 38.1 Å². The summed E-state index contributed by atoms with van der Waals surface area (Å²) in [6, 6.07) is 7.13. The Hall–Kier alpha value is -2.70. The second-order valence-corrected chi connectivity index (χ2v) is 7.81. The molecule has 0 saturated heterocycles. The van der Waals surface area contributed by atoms with Gasteiger partial charge in [0.15, 0.2) is 5.78 Å². The van der Waals surface area contributed by atoms with Crippen molar-refractivity contribution in [3.05, 3.63) is 35.4 Å². The first-order chi connectivity index (χ1) is 15.3. The highest BCUT2D eigenvalue weighted by Crippen LogP contribution is 2.21. The van der Waals surface area contributed by atoms with Gasteiger partial charge in [0.1, 0.15) is 0 Å². The number of benzene rings is 1. The summed E-state index contributed by atoms with van der Waals surface area (Å²) < 4.78 is 10.2. The Kier molecular flexibility index (Phi) is 12.3. The van der Waals surface area contributed by atoms with E-state index in [-0.39, 0.29) is 25.4 Å². The summed E-state index contributed by atoms with van der Waals surface area (Å²) in [5, 5.41) is 2.46. The van der Waals surface area contributed by atoms with Crippen molar-refractivity contribution in [2.24, 2.45) is 0 Å². The number of esters is 2. The molecule has 0 aliphatic rings. The summed E-state index contributed by atoms with van der Waals surface area (Å²) in [6.07, 6.45) is 6.29. The number of unbranched alkanes of at least 4 members (excludes halogenated alkanes) is 4. The highest BCUT2D eigenvalue weighted by atomic mass is 16.6. The lowest BCUT2D eigenvalue weighted by molar-refractivity contribution is -0.168. The Morgan fingerprint density at radius 3 is 1.91 bits per heavy atom. The normalized spacial score (nSPS) is 11.0. The van der Waals surface area contributed by atoms with Crippen LogP contribution in [0, 0.1) is 0 Å². The lowest BCUT2D eigenvalue weighted by Gasteiger charge is -2.29. The molecule has 0 radical (unpaired) electrons. The van der Waals surface area contributed by atoms with E-state index in [4.69, 9.17) is 9.47 Å². The van der Waals surface area contributed by atoms with Crippen molar-refractivity contribution in [2.75, 3.05) is 13.2 Å². The number of carbonyl (C=O) groups excluding carboxylic acids is 4. The second-order valence-electron chi connectivity index (χ2n) is 7.81. The van der Waals surface area contributed by atoms with Crippen LogP contribution in [-0.4, -0.2) is 42.4 Å². The molecule has 1 amide bonds. The van der Waals surface area contributed by atoms with Gasteiger partial charge in [-0.25, -0.2) is 9.59 Å². The Labute approximate surface area is 191 Å². The van der Waals surface area contributed by atoms with Gasteiger partial charge in [-0.15, -0.1) is 0 Å². The van der Waals surface area contributed by atoms with Crippen LogP contribution in [0.3, 0.4) is 0 Å². The standard InChI is InChI=1S/C25H37NO6/c1-5-8-9-10-11-12-22(28)21-15-13-20(14-16-21)17-18-25(26-19(4)27,23(29)31-6-2)24(30)32-7-3/h13-16H,5-12,17-18H2,1-4H3,(H,26,27). The zero-order valence-electron chi connectivity index (χ0n) is 19.8. The van der Waals surface area contributed by atoms with Gasteiger partial charge >= 0.3 is 11.9 Å². The van der Waals surface area contributed by atoms with Crippen molar-refractivity contribution in [2.45, 2.75) is 84.6 Å². The molecule has 1 N–H and O–H groups in total. The number of rotatable bonds is 15. The topological polar surface area (TPSA) is 98.8 Å². The van der Waals surface area contributed by atoms with Crippen molar-refractivity contribution in [1.29, 1.82) is 0 Å². The summed E-state index contributed by atoms with van der Waals surface area (Å²) in [6.45, 7) is 6.77. The molecule has 0 fully saturated rings. The first-order valence-corrected chi connectivity index (χ1v) is 11.6. The quantitative estimate of drug-likeness (QED) is 0.188. The van der Waals surface area contributed by atoms with E-state index in [9.17, 15) is 19.2 Å². The van der Waals surface area contributed by atoms with Crippen LogP contribution in [0.4, 0.5) is 0 Å². The Morgan fingerprint density at radius 1 is 0.844 bits per heavy atom. The molecule has 1 aromatic carbocycles. The number of aryl methyl sites for hydroxylation is 1. The number of ether oxygens (including phenoxy) is 2. The van der Waals surface area contributed by atoms with Crippen molar-refractivity contribution in [3.8, 4) is 0 Å². The maximum atomic E-state index is 12.7. The average molecular weight is 448 g/mol. The summed E-state index contributed by atoms with van der Waals surface area (Å²) in [7, 11) is 0. The molecule has 0 aliphatic carbocycles. The lowest BCUT2D eigenvalue weighted by atomic mass is 9.90. The number of amides is 1. The van der Waals surface area contributed by atoms with Crippen molar-refractivity contribution >= 4 is 23.6 Å². The largest absolute Gasteiger partial charge is 0.464 e. The fourth-order valence-corrected chi connectivity index (χ4v) is 3.48. The van der Waals surface area contributed by atoms with E-state index >= 15 is 0 Å². The van der Waals surface area contributed by atoms with E-state index in [1.807, 2.05) is 0 Å². The summed E-state index contributed by atoms with van der Waals surface area (Å²) >= 11 is 0. The van der Waals surface area contributed by atoms with Crippen LogP contribution in [0.2, 0.25) is 0 Å². The molecule has 0 unspecified atom stereocenters.